The fourth-order valence-electron chi connectivity index (χ4n) is 1.96. The van der Waals surface area contributed by atoms with Crippen molar-refractivity contribution >= 4 is 32.7 Å². The molecule has 0 radical (unpaired) electrons. The van der Waals surface area contributed by atoms with Crippen LogP contribution in [0.25, 0.3) is 0 Å². The topological polar surface area (TPSA) is 71.1 Å². The summed E-state index contributed by atoms with van der Waals surface area (Å²) in [5, 5.41) is 7.00. The van der Waals surface area contributed by atoms with Gasteiger partial charge in [0, 0.05) is 29.8 Å². The molecule has 2 N–H and O–H groups in total. The Balaban J connectivity index is 2.06. The molecule has 0 saturated carbocycles. The molecule has 0 aliphatic heterocycles. The monoisotopic (exact) mass is 345 g/mol. The summed E-state index contributed by atoms with van der Waals surface area (Å²) in [5.41, 5.74) is 3.47. The first kappa shape index (κ1) is 16.6. The molecular weight excluding hydrogens is 326 g/mol. The lowest BCUT2D eigenvalue weighted by molar-refractivity contribution is 0.579. The van der Waals surface area contributed by atoms with Gasteiger partial charge in [-0.2, -0.15) is 0 Å². The van der Waals surface area contributed by atoms with Crippen molar-refractivity contribution in [2.24, 2.45) is 0 Å². The average Bonchev–Trinajstić information content (AvgIpc) is 3.06. The second-order valence-electron chi connectivity index (χ2n) is 4.58. The molecular formula is C13H19N3O2S3. The first-order valence-corrected chi connectivity index (χ1v) is 9.99. The van der Waals surface area contributed by atoms with Gasteiger partial charge < -0.3 is 5.32 Å². The summed E-state index contributed by atoms with van der Waals surface area (Å²) in [6, 6.07) is 0. The highest BCUT2D eigenvalue weighted by Crippen LogP contribution is 2.26. The number of aromatic nitrogens is 1. The quantitative estimate of drug-likeness (QED) is 0.769. The molecule has 2 rings (SSSR count). The summed E-state index contributed by atoms with van der Waals surface area (Å²) >= 11 is 3.00. The van der Waals surface area contributed by atoms with Crippen molar-refractivity contribution in [2.75, 3.05) is 13.1 Å². The average molecular weight is 346 g/mol. The molecule has 8 heteroatoms. The smallest absolute Gasteiger partial charge is 0.241 e. The standard InChI is InChI=1S/C13H19N3O2S3/c1-3-14-6-12-13(10(2)7-20-12)21(17,18)16-5-4-11-8-19-9-15-11/h7-9,14,16H,3-6H2,1-2H3. The van der Waals surface area contributed by atoms with Crippen LogP contribution >= 0.6 is 22.7 Å². The molecule has 2 aromatic heterocycles. The van der Waals surface area contributed by atoms with E-state index in [-0.39, 0.29) is 0 Å². The Hall–Kier alpha value is -0.800. The molecule has 0 fully saturated rings. The van der Waals surface area contributed by atoms with Gasteiger partial charge >= 0.3 is 0 Å². The number of nitrogens with zero attached hydrogens (tertiary/aromatic N) is 1. The Kier molecular flexibility index (Phi) is 5.88. The van der Waals surface area contributed by atoms with Crippen LogP contribution in [-0.2, 0) is 23.0 Å². The first-order chi connectivity index (χ1) is 10.0. The Morgan fingerprint density at radius 3 is 2.81 bits per heavy atom. The molecule has 0 unspecified atom stereocenters. The van der Waals surface area contributed by atoms with Gasteiger partial charge in [-0.05, 0) is 24.4 Å². The molecule has 2 aromatic rings. The van der Waals surface area contributed by atoms with Crippen LogP contribution in [0.2, 0.25) is 0 Å². The number of aryl methyl sites for hydroxylation is 1. The maximum atomic E-state index is 12.5. The van der Waals surface area contributed by atoms with Crippen molar-refractivity contribution in [3.8, 4) is 0 Å². The van der Waals surface area contributed by atoms with Crippen molar-refractivity contribution in [1.82, 2.24) is 15.0 Å². The molecule has 0 aliphatic carbocycles. The Morgan fingerprint density at radius 1 is 1.33 bits per heavy atom. The van der Waals surface area contributed by atoms with E-state index < -0.39 is 10.0 Å². The largest absolute Gasteiger partial charge is 0.312 e. The van der Waals surface area contributed by atoms with Crippen LogP contribution in [0.15, 0.2) is 21.2 Å². The number of thiazole rings is 1. The van der Waals surface area contributed by atoms with Crippen molar-refractivity contribution < 1.29 is 8.42 Å². The van der Waals surface area contributed by atoms with Crippen LogP contribution in [-0.4, -0.2) is 26.5 Å². The zero-order valence-electron chi connectivity index (χ0n) is 12.0. The van der Waals surface area contributed by atoms with Crippen LogP contribution < -0.4 is 10.0 Å². The van der Waals surface area contributed by atoms with Gasteiger partial charge in [-0.25, -0.2) is 18.1 Å². The van der Waals surface area contributed by atoms with E-state index in [1.807, 2.05) is 24.6 Å². The van der Waals surface area contributed by atoms with E-state index in [9.17, 15) is 8.42 Å². The second kappa shape index (κ2) is 7.46. The third-order valence-electron chi connectivity index (χ3n) is 2.95. The maximum Gasteiger partial charge on any atom is 0.241 e. The first-order valence-electron chi connectivity index (χ1n) is 6.69. The summed E-state index contributed by atoms with van der Waals surface area (Å²) in [7, 11) is -3.47. The molecule has 0 spiro atoms. The van der Waals surface area contributed by atoms with E-state index in [1.165, 1.54) is 22.7 Å². The van der Waals surface area contributed by atoms with Crippen LogP contribution in [0, 0.1) is 6.92 Å². The normalized spacial score (nSPS) is 11.9. The van der Waals surface area contributed by atoms with Crippen LogP contribution in [0.1, 0.15) is 23.1 Å². The number of hydrogen-bond acceptors (Lipinski definition) is 6. The number of nitrogens with one attached hydrogen (secondary N) is 2. The minimum atomic E-state index is -3.47. The van der Waals surface area contributed by atoms with Gasteiger partial charge in [0.25, 0.3) is 0 Å². The molecule has 0 aromatic carbocycles. The Labute approximate surface area is 133 Å². The van der Waals surface area contributed by atoms with Gasteiger partial charge in [-0.1, -0.05) is 6.92 Å². The molecule has 2 heterocycles. The van der Waals surface area contributed by atoms with Gasteiger partial charge in [0.05, 0.1) is 11.2 Å². The van der Waals surface area contributed by atoms with E-state index >= 15 is 0 Å². The molecule has 0 atom stereocenters. The minimum absolute atomic E-state index is 0.363. The highest BCUT2D eigenvalue weighted by Gasteiger charge is 2.22. The third-order valence-corrected chi connectivity index (χ3v) is 6.51. The highest BCUT2D eigenvalue weighted by molar-refractivity contribution is 7.89. The lowest BCUT2D eigenvalue weighted by Crippen LogP contribution is -2.27. The van der Waals surface area contributed by atoms with E-state index in [1.54, 1.807) is 5.51 Å². The van der Waals surface area contributed by atoms with Crippen LogP contribution in [0.3, 0.4) is 0 Å². The van der Waals surface area contributed by atoms with Crippen molar-refractivity contribution in [2.45, 2.75) is 31.7 Å². The van der Waals surface area contributed by atoms with Crippen LogP contribution in [0.5, 0.6) is 0 Å². The molecule has 116 valence electrons. The van der Waals surface area contributed by atoms with Crippen molar-refractivity contribution in [3.63, 3.8) is 0 Å². The van der Waals surface area contributed by atoms with Gasteiger partial charge in [0.15, 0.2) is 0 Å². The van der Waals surface area contributed by atoms with Crippen molar-refractivity contribution in [1.29, 1.82) is 0 Å². The predicted molar refractivity (Wildman–Crippen MR) is 87.4 cm³/mol. The van der Waals surface area contributed by atoms with E-state index in [2.05, 4.69) is 15.0 Å². The van der Waals surface area contributed by atoms with Gasteiger partial charge in [0.1, 0.15) is 4.90 Å². The van der Waals surface area contributed by atoms with Gasteiger partial charge in [-0.15, -0.1) is 22.7 Å². The third kappa shape index (κ3) is 4.33. The summed E-state index contributed by atoms with van der Waals surface area (Å²) in [4.78, 5) is 5.43. The number of sulfonamides is 1. The Bertz CT molecular complexity index is 663. The van der Waals surface area contributed by atoms with Crippen molar-refractivity contribution in [3.05, 3.63) is 32.4 Å². The number of rotatable bonds is 8. The molecule has 0 amide bonds. The molecule has 0 saturated heterocycles. The van der Waals surface area contributed by atoms with Gasteiger partial charge in [-0.3, -0.25) is 0 Å². The lowest BCUT2D eigenvalue weighted by Gasteiger charge is -2.09. The Morgan fingerprint density at radius 2 is 2.14 bits per heavy atom. The van der Waals surface area contributed by atoms with E-state index in [4.69, 9.17) is 0 Å². The fraction of sp³-hybridized carbons (Fsp3) is 0.462. The zero-order valence-corrected chi connectivity index (χ0v) is 14.5. The SMILES string of the molecule is CCNCc1scc(C)c1S(=O)(=O)NCCc1cscn1. The van der Waals surface area contributed by atoms with E-state index in [0.717, 1.165) is 22.7 Å². The summed E-state index contributed by atoms with van der Waals surface area (Å²) in [6.45, 7) is 5.59. The summed E-state index contributed by atoms with van der Waals surface area (Å²) in [5.74, 6) is 0. The highest BCUT2D eigenvalue weighted by atomic mass is 32.2. The fourth-order valence-corrected chi connectivity index (χ4v) is 5.36. The second-order valence-corrected chi connectivity index (χ2v) is 7.97. The van der Waals surface area contributed by atoms with E-state index in [0.29, 0.717) is 24.4 Å². The maximum absolute atomic E-state index is 12.5. The summed E-state index contributed by atoms with van der Waals surface area (Å²) < 4.78 is 27.6. The van der Waals surface area contributed by atoms with Crippen LogP contribution in [0.4, 0.5) is 0 Å². The number of thiophene rings is 1. The molecule has 21 heavy (non-hydrogen) atoms. The van der Waals surface area contributed by atoms with Gasteiger partial charge in [0.2, 0.25) is 10.0 Å². The number of hydrogen-bond donors (Lipinski definition) is 2. The lowest BCUT2D eigenvalue weighted by atomic mass is 10.3. The molecule has 5 nitrogen and oxygen atoms in total. The minimum Gasteiger partial charge on any atom is -0.312 e. The zero-order chi connectivity index (χ0) is 15.3. The predicted octanol–water partition coefficient (Wildman–Crippen LogP) is 2.14. The summed E-state index contributed by atoms with van der Waals surface area (Å²) in [6.07, 6.45) is 0.606. The molecule has 0 bridgehead atoms. The molecule has 0 aliphatic rings.